The standard InChI is InChI=1S/C18H16ClN3O2/c1-11-3-4-14(12(2)9-11)10-16-21-22-18(24-16)20-17(23)13-5-7-15(19)8-6-13/h3-9H,10H2,1-2H3,(H,20,22,23). The lowest BCUT2D eigenvalue weighted by Crippen LogP contribution is -2.11. The van der Waals surface area contributed by atoms with Crippen LogP contribution in [-0.2, 0) is 6.42 Å². The number of nitrogens with zero attached hydrogens (tertiary/aromatic N) is 2. The highest BCUT2D eigenvalue weighted by Gasteiger charge is 2.12. The van der Waals surface area contributed by atoms with Crippen LogP contribution in [0.4, 0.5) is 6.01 Å². The summed E-state index contributed by atoms with van der Waals surface area (Å²) in [6, 6.07) is 12.8. The Morgan fingerprint density at radius 3 is 2.58 bits per heavy atom. The first-order valence-corrected chi connectivity index (χ1v) is 7.84. The number of aromatic nitrogens is 2. The number of hydrogen-bond acceptors (Lipinski definition) is 4. The van der Waals surface area contributed by atoms with Gasteiger partial charge >= 0.3 is 6.01 Å². The van der Waals surface area contributed by atoms with Crippen molar-refractivity contribution in [2.45, 2.75) is 20.3 Å². The van der Waals surface area contributed by atoms with Gasteiger partial charge in [0.1, 0.15) is 0 Å². The molecule has 3 aromatic rings. The summed E-state index contributed by atoms with van der Waals surface area (Å²) in [7, 11) is 0. The van der Waals surface area contributed by atoms with Crippen LogP contribution >= 0.6 is 11.6 Å². The van der Waals surface area contributed by atoms with Crippen LogP contribution in [0, 0.1) is 13.8 Å². The lowest BCUT2D eigenvalue weighted by Gasteiger charge is -2.04. The molecule has 3 rings (SSSR count). The van der Waals surface area contributed by atoms with E-state index in [1.54, 1.807) is 24.3 Å². The van der Waals surface area contributed by atoms with Crippen LogP contribution in [-0.4, -0.2) is 16.1 Å². The normalized spacial score (nSPS) is 10.6. The van der Waals surface area contributed by atoms with E-state index in [2.05, 4.69) is 21.6 Å². The lowest BCUT2D eigenvalue weighted by molar-refractivity contribution is 0.102. The molecule has 0 radical (unpaired) electrons. The van der Waals surface area contributed by atoms with Crippen molar-refractivity contribution in [2.75, 3.05) is 5.32 Å². The zero-order valence-corrected chi connectivity index (χ0v) is 14.1. The predicted molar refractivity (Wildman–Crippen MR) is 92.4 cm³/mol. The molecule has 0 unspecified atom stereocenters. The van der Waals surface area contributed by atoms with Crippen molar-refractivity contribution < 1.29 is 9.21 Å². The molecule has 5 nitrogen and oxygen atoms in total. The Hall–Kier alpha value is -2.66. The molecule has 1 amide bonds. The van der Waals surface area contributed by atoms with E-state index in [0.717, 1.165) is 5.56 Å². The first-order valence-electron chi connectivity index (χ1n) is 7.47. The van der Waals surface area contributed by atoms with E-state index in [4.69, 9.17) is 16.0 Å². The minimum atomic E-state index is -0.326. The summed E-state index contributed by atoms with van der Waals surface area (Å²) in [4.78, 5) is 12.1. The summed E-state index contributed by atoms with van der Waals surface area (Å²) in [5.41, 5.74) is 3.95. The zero-order chi connectivity index (χ0) is 17.1. The zero-order valence-electron chi connectivity index (χ0n) is 13.3. The van der Waals surface area contributed by atoms with Gasteiger partial charge in [-0.2, -0.15) is 0 Å². The molecule has 6 heteroatoms. The van der Waals surface area contributed by atoms with Gasteiger partial charge in [0.05, 0.1) is 6.42 Å². The van der Waals surface area contributed by atoms with E-state index in [0.29, 0.717) is 22.9 Å². The van der Waals surface area contributed by atoms with Gasteiger partial charge < -0.3 is 4.42 Å². The molecule has 1 heterocycles. The number of carbonyl (C=O) groups is 1. The van der Waals surface area contributed by atoms with E-state index in [1.165, 1.54) is 11.1 Å². The number of carbonyl (C=O) groups excluding carboxylic acids is 1. The largest absolute Gasteiger partial charge is 0.407 e. The highest BCUT2D eigenvalue weighted by molar-refractivity contribution is 6.30. The van der Waals surface area contributed by atoms with Crippen molar-refractivity contribution in [3.05, 3.63) is 75.6 Å². The second-order valence-electron chi connectivity index (χ2n) is 5.57. The summed E-state index contributed by atoms with van der Waals surface area (Å²) in [6.45, 7) is 4.09. The first-order chi connectivity index (χ1) is 11.5. The molecule has 0 atom stereocenters. The third-order valence-electron chi connectivity index (χ3n) is 3.63. The van der Waals surface area contributed by atoms with Gasteiger partial charge in [0.25, 0.3) is 5.91 Å². The number of amides is 1. The molecule has 1 aromatic heterocycles. The van der Waals surface area contributed by atoms with Gasteiger partial charge in [0.2, 0.25) is 5.89 Å². The lowest BCUT2D eigenvalue weighted by atomic mass is 10.0. The van der Waals surface area contributed by atoms with Crippen LogP contribution in [0.5, 0.6) is 0 Å². The van der Waals surface area contributed by atoms with Crippen LogP contribution in [0.15, 0.2) is 46.9 Å². The summed E-state index contributed by atoms with van der Waals surface area (Å²) >= 11 is 5.81. The number of nitrogens with one attached hydrogen (secondary N) is 1. The SMILES string of the molecule is Cc1ccc(Cc2nnc(NC(=O)c3ccc(Cl)cc3)o2)c(C)c1. The Balaban J connectivity index is 1.69. The second-order valence-corrected chi connectivity index (χ2v) is 6.01. The fourth-order valence-corrected chi connectivity index (χ4v) is 2.48. The molecular weight excluding hydrogens is 326 g/mol. The number of rotatable bonds is 4. The number of aryl methyl sites for hydroxylation is 2. The number of benzene rings is 2. The predicted octanol–water partition coefficient (Wildman–Crippen LogP) is 4.18. The van der Waals surface area contributed by atoms with Crippen molar-refractivity contribution in [3.8, 4) is 0 Å². The summed E-state index contributed by atoms with van der Waals surface area (Å²) in [5.74, 6) is 0.127. The maximum atomic E-state index is 12.1. The molecule has 0 spiro atoms. The summed E-state index contributed by atoms with van der Waals surface area (Å²) in [6.07, 6.45) is 0.524. The smallest absolute Gasteiger partial charge is 0.322 e. The molecule has 122 valence electrons. The van der Waals surface area contributed by atoms with Crippen molar-refractivity contribution in [2.24, 2.45) is 0 Å². The maximum absolute atomic E-state index is 12.1. The quantitative estimate of drug-likeness (QED) is 0.772. The highest BCUT2D eigenvalue weighted by Crippen LogP contribution is 2.17. The fourth-order valence-electron chi connectivity index (χ4n) is 2.35. The number of anilines is 1. The van der Waals surface area contributed by atoms with Gasteiger partial charge in [-0.1, -0.05) is 40.5 Å². The Kier molecular flexibility index (Phi) is 4.62. The third-order valence-corrected chi connectivity index (χ3v) is 3.89. The van der Waals surface area contributed by atoms with Crippen LogP contribution < -0.4 is 5.32 Å². The molecule has 0 saturated carbocycles. The first kappa shape index (κ1) is 16.2. The number of halogens is 1. The van der Waals surface area contributed by atoms with Crippen LogP contribution in [0.25, 0.3) is 0 Å². The van der Waals surface area contributed by atoms with Gasteiger partial charge in [0.15, 0.2) is 0 Å². The van der Waals surface area contributed by atoms with Crippen molar-refractivity contribution >= 4 is 23.5 Å². The number of hydrogen-bond donors (Lipinski definition) is 1. The van der Waals surface area contributed by atoms with Crippen molar-refractivity contribution in [3.63, 3.8) is 0 Å². The minimum absolute atomic E-state index is 0.0784. The molecule has 0 aliphatic heterocycles. The molecule has 2 aromatic carbocycles. The molecule has 0 saturated heterocycles. The minimum Gasteiger partial charge on any atom is -0.407 e. The average Bonchev–Trinajstić information content (AvgIpc) is 2.98. The summed E-state index contributed by atoms with van der Waals surface area (Å²) in [5, 5.41) is 11.0. The maximum Gasteiger partial charge on any atom is 0.322 e. The second kappa shape index (κ2) is 6.84. The summed E-state index contributed by atoms with van der Waals surface area (Å²) < 4.78 is 5.51. The average molecular weight is 342 g/mol. The Morgan fingerprint density at radius 2 is 1.88 bits per heavy atom. The van der Waals surface area contributed by atoms with Crippen LogP contribution in [0.3, 0.4) is 0 Å². The van der Waals surface area contributed by atoms with Crippen LogP contribution in [0.2, 0.25) is 5.02 Å². The van der Waals surface area contributed by atoms with Gasteiger partial charge in [-0.25, -0.2) is 0 Å². The van der Waals surface area contributed by atoms with E-state index >= 15 is 0 Å². The van der Waals surface area contributed by atoms with Crippen molar-refractivity contribution in [1.82, 2.24) is 10.2 Å². The van der Waals surface area contributed by atoms with E-state index in [-0.39, 0.29) is 11.9 Å². The molecule has 0 fully saturated rings. The van der Waals surface area contributed by atoms with Gasteiger partial charge in [-0.05, 0) is 49.2 Å². The van der Waals surface area contributed by atoms with E-state index in [9.17, 15) is 4.79 Å². The van der Waals surface area contributed by atoms with Gasteiger partial charge in [-0.15, -0.1) is 5.10 Å². The van der Waals surface area contributed by atoms with Gasteiger partial charge in [-0.3, -0.25) is 10.1 Å². The van der Waals surface area contributed by atoms with Gasteiger partial charge in [0, 0.05) is 10.6 Å². The molecule has 0 bridgehead atoms. The third kappa shape index (κ3) is 3.81. The molecule has 24 heavy (non-hydrogen) atoms. The van der Waals surface area contributed by atoms with E-state index in [1.807, 2.05) is 26.0 Å². The molecule has 1 N–H and O–H groups in total. The molecule has 0 aliphatic carbocycles. The van der Waals surface area contributed by atoms with Crippen LogP contribution in [0.1, 0.15) is 32.9 Å². The molecular formula is C18H16ClN3O2. The Labute approximate surface area is 144 Å². The van der Waals surface area contributed by atoms with Crippen molar-refractivity contribution in [1.29, 1.82) is 0 Å². The fraction of sp³-hybridized carbons (Fsp3) is 0.167. The Bertz CT molecular complexity index is 872. The van der Waals surface area contributed by atoms with E-state index < -0.39 is 0 Å². The molecule has 0 aliphatic rings. The Morgan fingerprint density at radius 1 is 1.12 bits per heavy atom. The highest BCUT2D eigenvalue weighted by atomic mass is 35.5. The topological polar surface area (TPSA) is 68.0 Å². The monoisotopic (exact) mass is 341 g/mol.